The first kappa shape index (κ1) is 13.5. The predicted octanol–water partition coefficient (Wildman–Crippen LogP) is -0.150. The first-order chi connectivity index (χ1) is 9.72. The molecule has 0 aromatic carbocycles. The number of aromatic nitrogens is 2. The van der Waals surface area contributed by atoms with Gasteiger partial charge in [0.1, 0.15) is 12.4 Å². The van der Waals surface area contributed by atoms with E-state index in [2.05, 4.69) is 4.98 Å². The topological polar surface area (TPSA) is 97.8 Å². The lowest BCUT2D eigenvalue weighted by molar-refractivity contribution is -0.176. The average molecular weight is 283 g/mol. The number of hydrogen-bond donors (Lipinski definition) is 1. The van der Waals surface area contributed by atoms with Crippen molar-refractivity contribution in [2.24, 2.45) is 0 Å². The minimum atomic E-state index is -0.506. The van der Waals surface area contributed by atoms with Gasteiger partial charge in [0.05, 0.1) is 6.61 Å². The van der Waals surface area contributed by atoms with Gasteiger partial charge in [-0.05, 0) is 12.5 Å². The highest BCUT2D eigenvalue weighted by molar-refractivity contribution is 5.23. The molecular weight excluding hydrogens is 266 g/mol. The predicted molar refractivity (Wildman–Crippen MR) is 67.7 cm³/mol. The summed E-state index contributed by atoms with van der Waals surface area (Å²) in [7, 11) is 0. The van der Waals surface area contributed by atoms with Gasteiger partial charge in [0.15, 0.2) is 18.8 Å². The number of nitrogens with two attached hydrogens (primary N) is 1. The summed E-state index contributed by atoms with van der Waals surface area (Å²) >= 11 is 0. The number of ether oxygens (including phenoxy) is 4. The monoisotopic (exact) mass is 283 g/mol. The Morgan fingerprint density at radius 3 is 3.15 bits per heavy atom. The van der Waals surface area contributed by atoms with Crippen molar-refractivity contribution in [3.8, 4) is 0 Å². The molecule has 8 heteroatoms. The van der Waals surface area contributed by atoms with Crippen molar-refractivity contribution in [2.75, 3.05) is 25.6 Å². The maximum atomic E-state index is 11.7. The number of rotatable bonds is 4. The lowest BCUT2D eigenvalue weighted by Crippen LogP contribution is -2.29. The van der Waals surface area contributed by atoms with Crippen molar-refractivity contribution in [1.82, 2.24) is 9.55 Å². The van der Waals surface area contributed by atoms with Crippen LogP contribution >= 0.6 is 0 Å². The smallest absolute Gasteiger partial charge is 0.351 e. The van der Waals surface area contributed by atoms with E-state index in [1.165, 1.54) is 4.57 Å². The van der Waals surface area contributed by atoms with Gasteiger partial charge >= 0.3 is 5.69 Å². The Morgan fingerprint density at radius 1 is 1.50 bits per heavy atom. The van der Waals surface area contributed by atoms with Crippen LogP contribution in [0.4, 0.5) is 5.82 Å². The second kappa shape index (κ2) is 5.88. The van der Waals surface area contributed by atoms with E-state index in [9.17, 15) is 4.79 Å². The standard InChI is InChI=1S/C12H17N3O5/c13-8-3-4-15(12(16)14-8)9-6-18-11(20-9)7-19-10-2-1-5-17-10/h3-4,9-11H,1-2,5-7H2,(H2,13,14,16)/t9-,10?,11-/m1/s1. The normalized spacial score (nSPS) is 29.9. The molecule has 8 nitrogen and oxygen atoms in total. The van der Waals surface area contributed by atoms with Crippen LogP contribution in [0.5, 0.6) is 0 Å². The molecule has 3 heterocycles. The zero-order valence-electron chi connectivity index (χ0n) is 10.9. The molecule has 20 heavy (non-hydrogen) atoms. The lowest BCUT2D eigenvalue weighted by Gasteiger charge is -2.15. The molecule has 2 aliphatic rings. The van der Waals surface area contributed by atoms with E-state index in [4.69, 9.17) is 24.7 Å². The van der Waals surface area contributed by atoms with Crippen LogP contribution in [-0.4, -0.2) is 42.0 Å². The SMILES string of the molecule is Nc1ccn([C@H]2CO[C@@H](COC3CCCO3)O2)c(=O)n1. The fraction of sp³-hybridized carbons (Fsp3) is 0.667. The van der Waals surface area contributed by atoms with Crippen molar-refractivity contribution in [1.29, 1.82) is 0 Å². The molecule has 0 saturated carbocycles. The number of hydrogen-bond acceptors (Lipinski definition) is 7. The van der Waals surface area contributed by atoms with E-state index in [1.54, 1.807) is 12.3 Å². The summed E-state index contributed by atoms with van der Waals surface area (Å²) in [6.07, 6.45) is 2.25. The molecule has 1 aromatic rings. The summed E-state index contributed by atoms with van der Waals surface area (Å²) in [6, 6.07) is 1.54. The van der Waals surface area contributed by atoms with Gasteiger partial charge in [0, 0.05) is 19.2 Å². The molecule has 0 radical (unpaired) electrons. The van der Waals surface area contributed by atoms with Crippen LogP contribution in [0.25, 0.3) is 0 Å². The number of nitrogen functional groups attached to an aromatic ring is 1. The molecule has 2 saturated heterocycles. The van der Waals surface area contributed by atoms with Crippen molar-refractivity contribution in [3.05, 3.63) is 22.7 Å². The second-order valence-corrected chi connectivity index (χ2v) is 4.67. The van der Waals surface area contributed by atoms with Crippen LogP contribution in [0.2, 0.25) is 0 Å². The maximum Gasteiger partial charge on any atom is 0.351 e. The summed E-state index contributed by atoms with van der Waals surface area (Å²) in [6.45, 7) is 1.27. The van der Waals surface area contributed by atoms with Gasteiger partial charge in [0.2, 0.25) is 0 Å². The van der Waals surface area contributed by atoms with Gasteiger partial charge in [-0.3, -0.25) is 4.57 Å². The Balaban J connectivity index is 1.54. The number of nitrogens with zero attached hydrogens (tertiary/aromatic N) is 2. The highest BCUT2D eigenvalue weighted by Crippen LogP contribution is 2.21. The molecule has 3 rings (SSSR count). The summed E-state index contributed by atoms with van der Waals surface area (Å²) in [5.41, 5.74) is 4.98. The lowest BCUT2D eigenvalue weighted by atomic mass is 10.4. The van der Waals surface area contributed by atoms with Crippen molar-refractivity contribution < 1.29 is 18.9 Å². The largest absolute Gasteiger partial charge is 0.383 e. The molecule has 2 aliphatic heterocycles. The molecule has 110 valence electrons. The minimum absolute atomic E-state index is 0.179. The van der Waals surface area contributed by atoms with Crippen LogP contribution in [0, 0.1) is 0 Å². The Hall–Kier alpha value is -1.48. The molecule has 0 spiro atoms. The van der Waals surface area contributed by atoms with Crippen molar-refractivity contribution in [3.63, 3.8) is 0 Å². The average Bonchev–Trinajstić information content (AvgIpc) is 3.07. The van der Waals surface area contributed by atoms with Gasteiger partial charge in [-0.1, -0.05) is 0 Å². The zero-order chi connectivity index (χ0) is 13.9. The molecule has 0 bridgehead atoms. The third-order valence-electron chi connectivity index (χ3n) is 3.20. The molecule has 1 unspecified atom stereocenters. The van der Waals surface area contributed by atoms with Crippen molar-refractivity contribution in [2.45, 2.75) is 31.6 Å². The van der Waals surface area contributed by atoms with Gasteiger partial charge in [0.25, 0.3) is 0 Å². The van der Waals surface area contributed by atoms with E-state index in [-0.39, 0.29) is 25.3 Å². The molecule has 1 aromatic heterocycles. The van der Waals surface area contributed by atoms with E-state index in [0.717, 1.165) is 19.4 Å². The molecule has 2 N–H and O–H groups in total. The molecule has 0 aliphatic carbocycles. The minimum Gasteiger partial charge on any atom is -0.383 e. The summed E-state index contributed by atoms with van der Waals surface area (Å²) in [5.74, 6) is 0.184. The maximum absolute atomic E-state index is 11.7. The van der Waals surface area contributed by atoms with E-state index < -0.39 is 18.2 Å². The number of anilines is 1. The van der Waals surface area contributed by atoms with Crippen molar-refractivity contribution >= 4 is 5.82 Å². The summed E-state index contributed by atoms with van der Waals surface area (Å²) in [4.78, 5) is 15.3. The summed E-state index contributed by atoms with van der Waals surface area (Å²) in [5, 5.41) is 0. The third-order valence-corrected chi connectivity index (χ3v) is 3.20. The fourth-order valence-electron chi connectivity index (χ4n) is 2.19. The second-order valence-electron chi connectivity index (χ2n) is 4.67. The Morgan fingerprint density at radius 2 is 2.40 bits per heavy atom. The Kier molecular flexibility index (Phi) is 3.97. The molecular formula is C12H17N3O5. The quantitative estimate of drug-likeness (QED) is 0.820. The summed E-state index contributed by atoms with van der Waals surface area (Å²) < 4.78 is 23.3. The Labute approximate surface area is 115 Å². The molecule has 0 amide bonds. The fourth-order valence-corrected chi connectivity index (χ4v) is 2.19. The Bertz CT molecular complexity index is 514. The van der Waals surface area contributed by atoms with Gasteiger partial charge in [-0.25, -0.2) is 4.79 Å². The van der Waals surface area contributed by atoms with Crippen LogP contribution in [0.1, 0.15) is 19.1 Å². The van der Waals surface area contributed by atoms with Gasteiger partial charge in [-0.2, -0.15) is 4.98 Å². The van der Waals surface area contributed by atoms with E-state index >= 15 is 0 Å². The third kappa shape index (κ3) is 2.98. The highest BCUT2D eigenvalue weighted by atomic mass is 16.8. The van der Waals surface area contributed by atoms with Gasteiger partial charge < -0.3 is 24.7 Å². The first-order valence-electron chi connectivity index (χ1n) is 6.57. The van der Waals surface area contributed by atoms with Crippen LogP contribution in [0.15, 0.2) is 17.1 Å². The van der Waals surface area contributed by atoms with Crippen LogP contribution in [0.3, 0.4) is 0 Å². The van der Waals surface area contributed by atoms with Crippen LogP contribution < -0.4 is 11.4 Å². The van der Waals surface area contributed by atoms with E-state index in [0.29, 0.717) is 0 Å². The zero-order valence-corrected chi connectivity index (χ0v) is 10.9. The van der Waals surface area contributed by atoms with E-state index in [1.807, 2.05) is 0 Å². The molecule has 3 atom stereocenters. The van der Waals surface area contributed by atoms with Gasteiger partial charge in [-0.15, -0.1) is 0 Å². The highest BCUT2D eigenvalue weighted by Gasteiger charge is 2.29. The van der Waals surface area contributed by atoms with Crippen LogP contribution in [-0.2, 0) is 18.9 Å². The first-order valence-corrected chi connectivity index (χ1v) is 6.57. The molecule has 2 fully saturated rings.